The lowest BCUT2D eigenvalue weighted by Gasteiger charge is -2.22. The van der Waals surface area contributed by atoms with Gasteiger partial charge in [-0.15, -0.1) is 0 Å². The van der Waals surface area contributed by atoms with Crippen molar-refractivity contribution in [2.24, 2.45) is 0 Å². The van der Waals surface area contributed by atoms with Crippen molar-refractivity contribution in [2.75, 3.05) is 7.11 Å². The van der Waals surface area contributed by atoms with Crippen LogP contribution >= 0.6 is 0 Å². The summed E-state index contributed by atoms with van der Waals surface area (Å²) in [4.78, 5) is 11.8. The molecular weight excluding hydrogens is 228 g/mol. The van der Waals surface area contributed by atoms with E-state index in [1.807, 2.05) is 37.3 Å². The topological polar surface area (TPSA) is 62.1 Å². The summed E-state index contributed by atoms with van der Waals surface area (Å²) in [7, 11) is 1.37. The van der Waals surface area contributed by atoms with Crippen molar-refractivity contribution >= 4 is 5.97 Å². The fourth-order valence-electron chi connectivity index (χ4n) is 1.73. The number of nitrogens with one attached hydrogen (secondary N) is 1. The van der Waals surface area contributed by atoms with E-state index in [9.17, 15) is 4.79 Å². The number of nitriles is 1. The molecule has 0 aromatic heterocycles. The largest absolute Gasteiger partial charge is 0.468 e. The van der Waals surface area contributed by atoms with Gasteiger partial charge in [0.25, 0.3) is 0 Å². The number of benzene rings is 1. The minimum Gasteiger partial charge on any atom is -0.468 e. The molecule has 18 heavy (non-hydrogen) atoms. The summed E-state index contributed by atoms with van der Waals surface area (Å²) >= 11 is 0. The first-order valence-electron chi connectivity index (χ1n) is 5.98. The van der Waals surface area contributed by atoms with Crippen LogP contribution in [-0.2, 0) is 9.53 Å². The smallest absolute Gasteiger partial charge is 0.327 e. The molecule has 1 N–H and O–H groups in total. The highest BCUT2D eigenvalue weighted by atomic mass is 16.5. The number of methoxy groups -OCH3 is 1. The minimum absolute atomic E-state index is 0.0145. The average Bonchev–Trinajstić information content (AvgIpc) is 2.43. The normalized spacial score (nSPS) is 13.4. The minimum atomic E-state index is -0.519. The summed E-state index contributed by atoms with van der Waals surface area (Å²) in [6.45, 7) is 1.98. The van der Waals surface area contributed by atoms with E-state index in [1.165, 1.54) is 7.11 Å². The lowest BCUT2D eigenvalue weighted by molar-refractivity contribution is -0.143. The number of esters is 1. The molecule has 1 rings (SSSR count). The molecule has 4 nitrogen and oxygen atoms in total. The van der Waals surface area contributed by atoms with Gasteiger partial charge in [-0.25, -0.2) is 4.79 Å². The molecule has 0 aliphatic heterocycles. The summed E-state index contributed by atoms with van der Waals surface area (Å²) < 4.78 is 4.81. The Morgan fingerprint density at radius 1 is 1.44 bits per heavy atom. The van der Waals surface area contributed by atoms with Crippen molar-refractivity contribution in [3.8, 4) is 6.07 Å². The molecule has 0 radical (unpaired) electrons. The van der Waals surface area contributed by atoms with E-state index in [1.54, 1.807) is 0 Å². The highest BCUT2D eigenvalue weighted by Gasteiger charge is 2.23. The number of ether oxygens (including phenoxy) is 1. The van der Waals surface area contributed by atoms with Crippen LogP contribution in [0.5, 0.6) is 0 Å². The van der Waals surface area contributed by atoms with Gasteiger partial charge in [0.15, 0.2) is 0 Å². The number of carbonyl (C=O) groups excluding carboxylic acids is 1. The second-order valence-corrected chi connectivity index (χ2v) is 4.00. The van der Waals surface area contributed by atoms with Crippen LogP contribution in [0.3, 0.4) is 0 Å². The Balaban J connectivity index is 2.86. The molecule has 1 aromatic rings. The molecule has 0 aliphatic carbocycles. The van der Waals surface area contributed by atoms with E-state index in [0.717, 1.165) is 12.0 Å². The van der Waals surface area contributed by atoms with Crippen molar-refractivity contribution in [1.29, 1.82) is 5.26 Å². The molecule has 2 unspecified atom stereocenters. The number of carbonyl (C=O) groups is 1. The molecule has 0 fully saturated rings. The fourth-order valence-corrected chi connectivity index (χ4v) is 1.73. The molecule has 0 spiro atoms. The van der Waals surface area contributed by atoms with Gasteiger partial charge in [-0.2, -0.15) is 5.26 Å². The monoisotopic (exact) mass is 246 g/mol. The lowest BCUT2D eigenvalue weighted by atomic mass is 10.0. The van der Waals surface area contributed by atoms with E-state index in [-0.39, 0.29) is 12.0 Å². The Morgan fingerprint density at radius 3 is 2.61 bits per heavy atom. The van der Waals surface area contributed by atoms with Crippen LogP contribution < -0.4 is 5.32 Å². The standard InChI is InChI=1S/C14H18N2O2/c1-3-12(9-10-15)16-13(14(17)18-2)11-7-5-4-6-8-11/h4-8,12-13,16H,3,9H2,1-2H3. The molecule has 96 valence electrons. The van der Waals surface area contributed by atoms with Gasteiger partial charge in [-0.05, 0) is 12.0 Å². The first-order valence-corrected chi connectivity index (χ1v) is 5.98. The van der Waals surface area contributed by atoms with Crippen molar-refractivity contribution in [3.05, 3.63) is 35.9 Å². The highest BCUT2D eigenvalue weighted by molar-refractivity contribution is 5.77. The first kappa shape index (κ1) is 14.2. The van der Waals surface area contributed by atoms with Gasteiger partial charge in [0.2, 0.25) is 0 Å². The van der Waals surface area contributed by atoms with Gasteiger partial charge in [-0.1, -0.05) is 37.3 Å². The van der Waals surface area contributed by atoms with Crippen molar-refractivity contribution in [2.45, 2.75) is 31.8 Å². The SMILES string of the molecule is CCC(CC#N)NC(C(=O)OC)c1ccccc1. The molecule has 0 amide bonds. The van der Waals surface area contributed by atoms with E-state index in [0.29, 0.717) is 6.42 Å². The van der Waals surface area contributed by atoms with Crippen LogP contribution in [0.4, 0.5) is 0 Å². The van der Waals surface area contributed by atoms with Gasteiger partial charge in [0, 0.05) is 6.04 Å². The summed E-state index contributed by atoms with van der Waals surface area (Å²) in [6.07, 6.45) is 1.16. The Kier molecular flexibility index (Phi) is 5.89. The molecule has 0 saturated heterocycles. The summed E-state index contributed by atoms with van der Waals surface area (Å²) in [6, 6.07) is 11.0. The quantitative estimate of drug-likeness (QED) is 0.781. The maximum atomic E-state index is 11.8. The molecule has 0 saturated carbocycles. The Morgan fingerprint density at radius 2 is 2.11 bits per heavy atom. The number of rotatable bonds is 6. The van der Waals surface area contributed by atoms with E-state index in [4.69, 9.17) is 10.00 Å². The fraction of sp³-hybridized carbons (Fsp3) is 0.429. The van der Waals surface area contributed by atoms with Crippen LogP contribution in [-0.4, -0.2) is 19.1 Å². The summed E-state index contributed by atoms with van der Waals surface area (Å²) in [5.41, 5.74) is 0.848. The molecular formula is C14H18N2O2. The third kappa shape index (κ3) is 3.86. The zero-order valence-electron chi connectivity index (χ0n) is 10.7. The van der Waals surface area contributed by atoms with Crippen LogP contribution in [0.25, 0.3) is 0 Å². The lowest BCUT2D eigenvalue weighted by Crippen LogP contribution is -2.37. The third-order valence-corrected chi connectivity index (χ3v) is 2.80. The molecule has 4 heteroatoms. The predicted octanol–water partition coefficient (Wildman–Crippen LogP) is 2.18. The average molecular weight is 246 g/mol. The van der Waals surface area contributed by atoms with Crippen molar-refractivity contribution in [1.82, 2.24) is 5.32 Å². The Labute approximate surface area is 108 Å². The second-order valence-electron chi connectivity index (χ2n) is 4.00. The number of hydrogen-bond acceptors (Lipinski definition) is 4. The molecule has 0 heterocycles. The van der Waals surface area contributed by atoms with Crippen LogP contribution in [0.2, 0.25) is 0 Å². The highest BCUT2D eigenvalue weighted by Crippen LogP contribution is 2.16. The van der Waals surface area contributed by atoms with Gasteiger partial charge in [0.1, 0.15) is 6.04 Å². The van der Waals surface area contributed by atoms with E-state index < -0.39 is 6.04 Å². The van der Waals surface area contributed by atoms with Crippen LogP contribution in [0, 0.1) is 11.3 Å². The maximum absolute atomic E-state index is 11.8. The van der Waals surface area contributed by atoms with E-state index in [2.05, 4.69) is 11.4 Å². The van der Waals surface area contributed by atoms with Gasteiger partial charge in [0.05, 0.1) is 19.6 Å². The zero-order chi connectivity index (χ0) is 13.4. The summed E-state index contributed by atoms with van der Waals surface area (Å²) in [5.74, 6) is -0.336. The molecule has 0 aliphatic rings. The Bertz CT molecular complexity index is 412. The molecule has 1 aromatic carbocycles. The van der Waals surface area contributed by atoms with Gasteiger partial charge in [-0.3, -0.25) is 5.32 Å². The van der Waals surface area contributed by atoms with Crippen LogP contribution in [0.1, 0.15) is 31.4 Å². The van der Waals surface area contributed by atoms with Crippen LogP contribution in [0.15, 0.2) is 30.3 Å². The van der Waals surface area contributed by atoms with Crippen molar-refractivity contribution < 1.29 is 9.53 Å². The van der Waals surface area contributed by atoms with Gasteiger partial charge < -0.3 is 4.74 Å². The third-order valence-electron chi connectivity index (χ3n) is 2.80. The zero-order valence-corrected chi connectivity index (χ0v) is 10.7. The number of hydrogen-bond donors (Lipinski definition) is 1. The van der Waals surface area contributed by atoms with Gasteiger partial charge >= 0.3 is 5.97 Å². The predicted molar refractivity (Wildman–Crippen MR) is 68.6 cm³/mol. The second kappa shape index (κ2) is 7.46. The molecule has 0 bridgehead atoms. The summed E-state index contributed by atoms with van der Waals surface area (Å²) in [5, 5.41) is 11.9. The maximum Gasteiger partial charge on any atom is 0.327 e. The Hall–Kier alpha value is -1.86. The van der Waals surface area contributed by atoms with E-state index >= 15 is 0 Å². The first-order chi connectivity index (χ1) is 8.72. The molecule has 2 atom stereocenters. The van der Waals surface area contributed by atoms with Crippen molar-refractivity contribution in [3.63, 3.8) is 0 Å². The number of nitrogens with zero attached hydrogens (tertiary/aromatic N) is 1.